The number of hydrogen-bond donors (Lipinski definition) is 2. The van der Waals surface area contributed by atoms with Crippen LogP contribution in [0.4, 0.5) is 15.8 Å². The Balaban J connectivity index is 1.37. The Morgan fingerprint density at radius 1 is 1.22 bits per heavy atom. The van der Waals surface area contributed by atoms with E-state index in [0.717, 1.165) is 55.2 Å². The molecule has 6 nitrogen and oxygen atoms in total. The maximum absolute atomic E-state index is 13.9. The van der Waals surface area contributed by atoms with Gasteiger partial charge in [-0.3, -0.25) is 14.9 Å². The molecule has 4 fully saturated rings. The number of benzene rings is 1. The van der Waals surface area contributed by atoms with Crippen LogP contribution >= 0.6 is 12.2 Å². The second kappa shape index (κ2) is 6.82. The first-order chi connectivity index (χ1) is 12.8. The highest BCUT2D eigenvalue weighted by Gasteiger charge is 2.51. The zero-order valence-corrected chi connectivity index (χ0v) is 15.7. The van der Waals surface area contributed by atoms with Crippen molar-refractivity contribution in [1.82, 2.24) is 5.32 Å². The molecule has 5 rings (SSSR count). The Hall–Kier alpha value is -2.09. The van der Waals surface area contributed by atoms with Gasteiger partial charge in [-0.25, -0.2) is 4.39 Å². The molecule has 0 atom stereocenters. The molecular formula is C19H22FN3O3S. The summed E-state index contributed by atoms with van der Waals surface area (Å²) >= 11 is 5.11. The fourth-order valence-corrected chi connectivity index (χ4v) is 6.12. The predicted octanol–water partition coefficient (Wildman–Crippen LogP) is 4.15. The zero-order valence-electron chi connectivity index (χ0n) is 14.9. The Bertz CT molecular complexity index is 778. The second-order valence-electron chi connectivity index (χ2n) is 8.52. The van der Waals surface area contributed by atoms with E-state index in [9.17, 15) is 19.3 Å². The van der Waals surface area contributed by atoms with E-state index >= 15 is 0 Å². The number of thiocarbonyl (C=S) groups is 1. The average Bonchev–Trinajstić information content (AvgIpc) is 2.54. The minimum absolute atomic E-state index is 0.0378. The molecule has 1 aromatic rings. The fourth-order valence-electron chi connectivity index (χ4n) is 5.89. The van der Waals surface area contributed by atoms with Gasteiger partial charge in [0.2, 0.25) is 5.91 Å². The molecule has 4 aliphatic rings. The molecule has 0 aliphatic heterocycles. The van der Waals surface area contributed by atoms with Crippen LogP contribution in [0.25, 0.3) is 0 Å². The second-order valence-corrected chi connectivity index (χ2v) is 8.93. The normalized spacial score (nSPS) is 30.8. The van der Waals surface area contributed by atoms with Gasteiger partial charge in [-0.2, -0.15) is 0 Å². The number of rotatable bonds is 4. The Labute approximate surface area is 162 Å². The van der Waals surface area contributed by atoms with Gasteiger partial charge in [-0.1, -0.05) is 0 Å². The van der Waals surface area contributed by atoms with Gasteiger partial charge in [0.15, 0.2) is 5.11 Å². The lowest BCUT2D eigenvalue weighted by atomic mass is 9.49. The summed E-state index contributed by atoms with van der Waals surface area (Å²) < 4.78 is 13.9. The number of nitro benzene ring substituents is 1. The molecule has 4 aliphatic carbocycles. The number of carbonyl (C=O) groups is 1. The van der Waals surface area contributed by atoms with Gasteiger partial charge in [0.05, 0.1) is 10.6 Å². The van der Waals surface area contributed by atoms with Gasteiger partial charge in [-0.15, -0.1) is 0 Å². The molecule has 0 saturated heterocycles. The highest BCUT2D eigenvalue weighted by atomic mass is 32.1. The smallest absolute Gasteiger partial charge is 0.271 e. The zero-order chi connectivity index (χ0) is 19.2. The van der Waals surface area contributed by atoms with Crippen LogP contribution in [0.1, 0.15) is 44.9 Å². The van der Waals surface area contributed by atoms with E-state index in [0.29, 0.717) is 6.42 Å². The molecular weight excluding hydrogens is 369 g/mol. The monoisotopic (exact) mass is 391 g/mol. The molecule has 4 bridgehead atoms. The number of halogens is 1. The summed E-state index contributed by atoms with van der Waals surface area (Å²) in [4.78, 5) is 22.8. The number of carbonyl (C=O) groups excluding carboxylic acids is 1. The molecule has 144 valence electrons. The van der Waals surface area contributed by atoms with E-state index < -0.39 is 10.7 Å². The van der Waals surface area contributed by atoms with Crippen molar-refractivity contribution in [2.45, 2.75) is 44.9 Å². The lowest BCUT2D eigenvalue weighted by Gasteiger charge is -2.56. The Kier molecular flexibility index (Phi) is 4.61. The van der Waals surface area contributed by atoms with Gasteiger partial charge in [0.1, 0.15) is 5.82 Å². The van der Waals surface area contributed by atoms with Crippen LogP contribution in [-0.2, 0) is 4.79 Å². The van der Waals surface area contributed by atoms with Crippen molar-refractivity contribution in [2.75, 3.05) is 5.32 Å². The van der Waals surface area contributed by atoms with Crippen molar-refractivity contribution in [3.63, 3.8) is 0 Å². The minimum atomic E-state index is -0.668. The fraction of sp³-hybridized carbons (Fsp3) is 0.579. The first-order valence-corrected chi connectivity index (χ1v) is 9.77. The van der Waals surface area contributed by atoms with E-state index in [4.69, 9.17) is 12.2 Å². The number of nitrogens with one attached hydrogen (secondary N) is 2. The molecule has 0 unspecified atom stereocenters. The molecule has 0 spiro atoms. The molecule has 0 aromatic heterocycles. The quantitative estimate of drug-likeness (QED) is 0.457. The molecule has 1 amide bonds. The molecule has 2 N–H and O–H groups in total. The number of nitro groups is 1. The van der Waals surface area contributed by atoms with E-state index in [1.165, 1.54) is 19.3 Å². The number of non-ortho nitro benzene ring substituents is 1. The van der Waals surface area contributed by atoms with Crippen molar-refractivity contribution in [3.8, 4) is 0 Å². The van der Waals surface area contributed by atoms with E-state index in [1.807, 2.05) is 0 Å². The predicted molar refractivity (Wildman–Crippen MR) is 103 cm³/mol. The third-order valence-electron chi connectivity index (χ3n) is 6.36. The number of nitrogens with zero attached hydrogens (tertiary/aromatic N) is 1. The third-order valence-corrected chi connectivity index (χ3v) is 6.57. The highest BCUT2D eigenvalue weighted by molar-refractivity contribution is 7.80. The van der Waals surface area contributed by atoms with Crippen molar-refractivity contribution in [1.29, 1.82) is 0 Å². The average molecular weight is 391 g/mol. The van der Waals surface area contributed by atoms with Crippen LogP contribution in [-0.4, -0.2) is 15.9 Å². The molecule has 0 radical (unpaired) electrons. The Morgan fingerprint density at radius 3 is 2.37 bits per heavy atom. The molecule has 8 heteroatoms. The van der Waals surface area contributed by atoms with Crippen LogP contribution in [0.5, 0.6) is 0 Å². The highest BCUT2D eigenvalue weighted by Crippen LogP contribution is 2.61. The van der Waals surface area contributed by atoms with E-state index in [1.54, 1.807) is 0 Å². The standard InChI is InChI=1S/C19H22FN3O3S/c20-15-2-1-14(23(25)26)6-16(15)21-18(27)22-17(24)10-19-7-11-3-12(8-19)5-13(4-11)9-19/h1-2,6,11-13H,3-5,7-10H2,(H2,21,22,24,27). The molecule has 0 heterocycles. The SMILES string of the molecule is O=C(CC12CC3CC(CC(C3)C1)C2)NC(=S)Nc1cc([N+](=O)[O-])ccc1F. The Morgan fingerprint density at radius 2 is 1.81 bits per heavy atom. The summed E-state index contributed by atoms with van der Waals surface area (Å²) in [5.74, 6) is 1.44. The topological polar surface area (TPSA) is 84.3 Å². The van der Waals surface area contributed by atoms with Crippen molar-refractivity contribution < 1.29 is 14.1 Å². The third kappa shape index (κ3) is 3.81. The van der Waals surface area contributed by atoms with Crippen molar-refractivity contribution >= 4 is 34.6 Å². The summed E-state index contributed by atoms with van der Waals surface area (Å²) in [6.45, 7) is 0. The maximum atomic E-state index is 13.9. The summed E-state index contributed by atoms with van der Waals surface area (Å²) in [6, 6.07) is 3.14. The summed E-state index contributed by atoms with van der Waals surface area (Å²) in [5.41, 5.74) is -0.281. The van der Waals surface area contributed by atoms with Gasteiger partial charge in [0.25, 0.3) is 5.69 Å². The first-order valence-electron chi connectivity index (χ1n) is 9.37. The van der Waals surface area contributed by atoms with Crippen LogP contribution in [0, 0.1) is 39.1 Å². The maximum Gasteiger partial charge on any atom is 0.271 e. The van der Waals surface area contributed by atoms with E-state index in [-0.39, 0.29) is 27.8 Å². The van der Waals surface area contributed by atoms with Gasteiger partial charge < -0.3 is 10.6 Å². The lowest BCUT2D eigenvalue weighted by molar-refractivity contribution is -0.384. The molecule has 1 aromatic carbocycles. The summed E-state index contributed by atoms with van der Waals surface area (Å²) in [6.07, 6.45) is 7.73. The van der Waals surface area contributed by atoms with Crippen molar-refractivity contribution in [2.24, 2.45) is 23.2 Å². The van der Waals surface area contributed by atoms with Gasteiger partial charge >= 0.3 is 0 Å². The van der Waals surface area contributed by atoms with Crippen LogP contribution in [0.2, 0.25) is 0 Å². The number of anilines is 1. The van der Waals surface area contributed by atoms with Crippen molar-refractivity contribution in [3.05, 3.63) is 34.1 Å². The van der Waals surface area contributed by atoms with Crippen LogP contribution in [0.3, 0.4) is 0 Å². The summed E-state index contributed by atoms with van der Waals surface area (Å²) in [5, 5.41) is 16.0. The minimum Gasteiger partial charge on any atom is -0.330 e. The van der Waals surface area contributed by atoms with Gasteiger partial charge in [0, 0.05) is 18.6 Å². The van der Waals surface area contributed by atoms with E-state index in [2.05, 4.69) is 10.6 Å². The van der Waals surface area contributed by atoms with Crippen LogP contribution in [0.15, 0.2) is 18.2 Å². The largest absolute Gasteiger partial charge is 0.330 e. The lowest BCUT2D eigenvalue weighted by Crippen LogP contribution is -2.48. The molecule has 4 saturated carbocycles. The summed E-state index contributed by atoms with van der Waals surface area (Å²) in [7, 11) is 0. The van der Waals surface area contributed by atoms with Crippen LogP contribution < -0.4 is 10.6 Å². The number of amides is 1. The molecule has 27 heavy (non-hydrogen) atoms. The van der Waals surface area contributed by atoms with Gasteiger partial charge in [-0.05, 0) is 80.0 Å². The number of hydrogen-bond acceptors (Lipinski definition) is 4. The first kappa shape index (κ1) is 18.3.